The summed E-state index contributed by atoms with van der Waals surface area (Å²) in [6, 6.07) is 12.8. The molecule has 2 heterocycles. The molecule has 0 saturated carbocycles. The van der Waals surface area contributed by atoms with Crippen molar-refractivity contribution in [2.45, 2.75) is 18.4 Å². The van der Waals surface area contributed by atoms with Gasteiger partial charge in [0.05, 0.1) is 18.7 Å². The van der Waals surface area contributed by atoms with Gasteiger partial charge in [-0.1, -0.05) is 18.2 Å². The third kappa shape index (κ3) is 3.78. The zero-order valence-electron chi connectivity index (χ0n) is 15.3. The summed E-state index contributed by atoms with van der Waals surface area (Å²) in [5.74, 6) is 0.0547. The average Bonchev–Trinajstić information content (AvgIpc) is 2.83. The number of ether oxygens (including phenoxy) is 2. The Morgan fingerprint density at radius 2 is 2.11 bits per heavy atom. The largest absolute Gasteiger partial charge is 0.484 e. The first-order valence-electron chi connectivity index (χ1n) is 9.27. The quantitative estimate of drug-likeness (QED) is 0.882. The molecule has 2 aromatic carbocycles. The summed E-state index contributed by atoms with van der Waals surface area (Å²) in [5.41, 5.74) is -0.174. The van der Waals surface area contributed by atoms with Crippen molar-refractivity contribution in [3.8, 4) is 11.5 Å². The standard InChI is InChI=1S/C21H21FN2O4/c22-15-5-3-6-16(11-15)27-12-19(25)24-10-4-9-21(14-24)13-23-20(26)17-7-1-2-8-18(17)28-21/h1-3,5-8,11H,4,9-10,12-14H2,(H,23,26). The van der Waals surface area contributed by atoms with Crippen LogP contribution >= 0.6 is 0 Å². The molecule has 146 valence electrons. The van der Waals surface area contributed by atoms with Crippen LogP contribution in [0.3, 0.4) is 0 Å². The second kappa shape index (κ2) is 7.50. The van der Waals surface area contributed by atoms with E-state index >= 15 is 0 Å². The van der Waals surface area contributed by atoms with E-state index in [1.165, 1.54) is 18.2 Å². The molecular formula is C21H21FN2O4. The zero-order chi connectivity index (χ0) is 19.6. The molecule has 4 rings (SSSR count). The molecule has 0 radical (unpaired) electrons. The Balaban J connectivity index is 1.45. The van der Waals surface area contributed by atoms with Crippen LogP contribution in [0, 0.1) is 5.82 Å². The fourth-order valence-corrected chi connectivity index (χ4v) is 3.68. The van der Waals surface area contributed by atoms with Crippen LogP contribution in [0.1, 0.15) is 23.2 Å². The number of amides is 2. The van der Waals surface area contributed by atoms with Crippen molar-refractivity contribution in [1.29, 1.82) is 0 Å². The molecule has 1 atom stereocenters. The van der Waals surface area contributed by atoms with E-state index in [1.54, 1.807) is 29.2 Å². The van der Waals surface area contributed by atoms with E-state index in [4.69, 9.17) is 9.47 Å². The Bertz CT molecular complexity index is 903. The lowest BCUT2D eigenvalue weighted by atomic mass is 9.92. The van der Waals surface area contributed by atoms with E-state index in [1.807, 2.05) is 6.07 Å². The van der Waals surface area contributed by atoms with Crippen molar-refractivity contribution in [1.82, 2.24) is 10.2 Å². The summed E-state index contributed by atoms with van der Waals surface area (Å²) < 4.78 is 24.9. The number of benzene rings is 2. The molecule has 1 unspecified atom stereocenters. The third-order valence-corrected chi connectivity index (χ3v) is 5.08. The van der Waals surface area contributed by atoms with E-state index in [-0.39, 0.29) is 18.4 Å². The number of carbonyl (C=O) groups is 2. The maximum absolute atomic E-state index is 13.2. The first kappa shape index (κ1) is 18.3. The van der Waals surface area contributed by atoms with Crippen molar-refractivity contribution >= 4 is 11.8 Å². The Labute approximate surface area is 162 Å². The van der Waals surface area contributed by atoms with Gasteiger partial charge in [0.1, 0.15) is 22.9 Å². The molecular weight excluding hydrogens is 363 g/mol. The lowest BCUT2D eigenvalue weighted by Gasteiger charge is -2.42. The minimum absolute atomic E-state index is 0.176. The van der Waals surface area contributed by atoms with Crippen molar-refractivity contribution < 1.29 is 23.5 Å². The van der Waals surface area contributed by atoms with Crippen LogP contribution in [0.15, 0.2) is 48.5 Å². The fourth-order valence-electron chi connectivity index (χ4n) is 3.68. The van der Waals surface area contributed by atoms with Crippen LogP contribution in [-0.4, -0.2) is 48.6 Å². The Morgan fingerprint density at radius 3 is 2.96 bits per heavy atom. The van der Waals surface area contributed by atoms with Crippen LogP contribution < -0.4 is 14.8 Å². The molecule has 1 N–H and O–H groups in total. The van der Waals surface area contributed by atoms with Gasteiger partial charge in [-0.2, -0.15) is 0 Å². The van der Waals surface area contributed by atoms with Crippen LogP contribution in [0.5, 0.6) is 11.5 Å². The van der Waals surface area contributed by atoms with E-state index < -0.39 is 11.4 Å². The highest BCUT2D eigenvalue weighted by atomic mass is 19.1. The normalized spacial score (nSPS) is 21.3. The van der Waals surface area contributed by atoms with Gasteiger partial charge in [-0.05, 0) is 37.1 Å². The smallest absolute Gasteiger partial charge is 0.260 e. The van der Waals surface area contributed by atoms with Gasteiger partial charge in [0.2, 0.25) is 0 Å². The molecule has 6 nitrogen and oxygen atoms in total. The maximum Gasteiger partial charge on any atom is 0.260 e. The van der Waals surface area contributed by atoms with Gasteiger partial charge < -0.3 is 19.7 Å². The Hall–Kier alpha value is -3.09. The van der Waals surface area contributed by atoms with E-state index in [0.29, 0.717) is 36.7 Å². The monoisotopic (exact) mass is 384 g/mol. The van der Waals surface area contributed by atoms with Gasteiger partial charge >= 0.3 is 0 Å². The van der Waals surface area contributed by atoms with Crippen molar-refractivity contribution in [3.63, 3.8) is 0 Å². The number of piperidine rings is 1. The first-order valence-corrected chi connectivity index (χ1v) is 9.27. The van der Waals surface area contributed by atoms with Gasteiger partial charge in [0, 0.05) is 12.6 Å². The van der Waals surface area contributed by atoms with Crippen molar-refractivity contribution in [2.24, 2.45) is 0 Å². The maximum atomic E-state index is 13.2. The highest BCUT2D eigenvalue weighted by molar-refractivity contribution is 5.97. The topological polar surface area (TPSA) is 67.9 Å². The minimum Gasteiger partial charge on any atom is -0.484 e. The molecule has 0 aromatic heterocycles. The summed E-state index contributed by atoms with van der Waals surface area (Å²) in [6.45, 7) is 1.09. The van der Waals surface area contributed by atoms with Crippen LogP contribution in [-0.2, 0) is 4.79 Å². The van der Waals surface area contributed by atoms with Crippen LogP contribution in [0.25, 0.3) is 0 Å². The molecule has 1 fully saturated rings. The molecule has 2 amide bonds. The Morgan fingerprint density at radius 1 is 1.25 bits per heavy atom. The van der Waals surface area contributed by atoms with E-state index in [0.717, 1.165) is 12.8 Å². The molecule has 2 aliphatic heterocycles. The molecule has 2 aliphatic rings. The fraction of sp³-hybridized carbons (Fsp3) is 0.333. The first-order chi connectivity index (χ1) is 13.5. The molecule has 28 heavy (non-hydrogen) atoms. The lowest BCUT2D eigenvalue weighted by molar-refractivity contribution is -0.138. The van der Waals surface area contributed by atoms with Crippen LogP contribution in [0.2, 0.25) is 0 Å². The molecule has 0 bridgehead atoms. The second-order valence-corrected chi connectivity index (χ2v) is 7.13. The average molecular weight is 384 g/mol. The van der Waals surface area contributed by atoms with Gasteiger partial charge in [-0.3, -0.25) is 9.59 Å². The van der Waals surface area contributed by atoms with Crippen molar-refractivity contribution in [2.75, 3.05) is 26.2 Å². The summed E-state index contributed by atoms with van der Waals surface area (Å²) >= 11 is 0. The van der Waals surface area contributed by atoms with Gasteiger partial charge in [0.15, 0.2) is 6.61 Å². The predicted octanol–water partition coefficient (Wildman–Crippen LogP) is 2.39. The number of likely N-dealkylation sites (tertiary alicyclic amines) is 1. The summed E-state index contributed by atoms with van der Waals surface area (Å²) in [6.07, 6.45) is 1.49. The van der Waals surface area contributed by atoms with Gasteiger partial charge in [-0.25, -0.2) is 4.39 Å². The number of carbonyl (C=O) groups excluding carboxylic acids is 2. The molecule has 7 heteroatoms. The second-order valence-electron chi connectivity index (χ2n) is 7.13. The highest BCUT2D eigenvalue weighted by Gasteiger charge is 2.42. The summed E-state index contributed by atoms with van der Waals surface area (Å²) in [5, 5.41) is 2.91. The lowest BCUT2D eigenvalue weighted by Crippen LogP contribution is -2.58. The molecule has 1 spiro atoms. The Kier molecular flexibility index (Phi) is 4.90. The zero-order valence-corrected chi connectivity index (χ0v) is 15.3. The highest BCUT2D eigenvalue weighted by Crippen LogP contribution is 2.32. The molecule has 0 aliphatic carbocycles. The number of hydrogen-bond donors (Lipinski definition) is 1. The van der Waals surface area contributed by atoms with Crippen molar-refractivity contribution in [3.05, 3.63) is 59.9 Å². The predicted molar refractivity (Wildman–Crippen MR) is 99.8 cm³/mol. The summed E-state index contributed by atoms with van der Waals surface area (Å²) in [7, 11) is 0. The number of halogens is 1. The van der Waals surface area contributed by atoms with E-state index in [2.05, 4.69) is 5.32 Å². The number of fused-ring (bicyclic) bond motifs is 1. The van der Waals surface area contributed by atoms with Gasteiger partial charge in [0.25, 0.3) is 11.8 Å². The third-order valence-electron chi connectivity index (χ3n) is 5.08. The molecule has 1 saturated heterocycles. The number of nitrogens with one attached hydrogen (secondary N) is 1. The summed E-state index contributed by atoms with van der Waals surface area (Å²) in [4.78, 5) is 26.6. The number of nitrogens with zero attached hydrogens (tertiary/aromatic N) is 1. The molecule has 2 aromatic rings. The SMILES string of the molecule is O=C1NCC2(CCCN(C(=O)COc3cccc(F)c3)C2)Oc2ccccc21. The number of para-hydroxylation sites is 1. The number of rotatable bonds is 3. The van der Waals surface area contributed by atoms with E-state index in [9.17, 15) is 14.0 Å². The van der Waals surface area contributed by atoms with Gasteiger partial charge in [-0.15, -0.1) is 0 Å². The van der Waals surface area contributed by atoms with Crippen LogP contribution in [0.4, 0.5) is 4.39 Å². The number of hydrogen-bond acceptors (Lipinski definition) is 4. The minimum atomic E-state index is -0.672.